The van der Waals surface area contributed by atoms with Gasteiger partial charge >= 0.3 is 0 Å². The summed E-state index contributed by atoms with van der Waals surface area (Å²) in [5.74, 6) is -0.514. The number of halogens is 2. The fraction of sp³-hybridized carbons (Fsp3) is 0.273. The van der Waals surface area contributed by atoms with Gasteiger partial charge in [-0.2, -0.15) is 5.10 Å². The second-order valence-corrected chi connectivity index (χ2v) is 7.36. The Balaban J connectivity index is 1.80. The van der Waals surface area contributed by atoms with Crippen LogP contribution in [0.2, 0.25) is 5.02 Å². The lowest BCUT2D eigenvalue weighted by atomic mass is 10.1. The Morgan fingerprint density at radius 2 is 1.90 bits per heavy atom. The molecule has 152 valence electrons. The van der Waals surface area contributed by atoms with Crippen molar-refractivity contribution in [3.63, 3.8) is 0 Å². The van der Waals surface area contributed by atoms with Gasteiger partial charge in [-0.1, -0.05) is 36.7 Å². The first-order valence-electron chi connectivity index (χ1n) is 9.44. The highest BCUT2D eigenvalue weighted by Gasteiger charge is 2.21. The summed E-state index contributed by atoms with van der Waals surface area (Å²) in [4.78, 5) is 14.9. The highest BCUT2D eigenvalue weighted by molar-refractivity contribution is 6.31. The maximum atomic E-state index is 13.2. The molecule has 1 atom stereocenters. The van der Waals surface area contributed by atoms with Crippen molar-refractivity contribution >= 4 is 17.5 Å². The van der Waals surface area contributed by atoms with E-state index >= 15 is 0 Å². The third kappa shape index (κ3) is 4.66. The lowest BCUT2D eigenvalue weighted by molar-refractivity contribution is 0.0941. The van der Waals surface area contributed by atoms with Crippen LogP contribution in [0.3, 0.4) is 0 Å². The molecule has 0 radical (unpaired) electrons. The third-order valence-corrected chi connectivity index (χ3v) is 5.21. The summed E-state index contributed by atoms with van der Waals surface area (Å²) in [6, 6.07) is 13.6. The molecule has 0 fully saturated rings. The molecule has 1 unspecified atom stereocenters. The van der Waals surface area contributed by atoms with E-state index in [4.69, 9.17) is 11.6 Å². The molecule has 2 aromatic carbocycles. The van der Waals surface area contributed by atoms with Gasteiger partial charge in [0.05, 0.1) is 29.2 Å². The van der Waals surface area contributed by atoms with Crippen molar-refractivity contribution in [3.05, 3.63) is 82.4 Å². The lowest BCUT2D eigenvalue weighted by Crippen LogP contribution is -2.35. The minimum Gasteiger partial charge on any atom is -0.350 e. The predicted molar refractivity (Wildman–Crippen MR) is 113 cm³/mol. The number of nitrogens with one attached hydrogen (secondary N) is 1. The lowest BCUT2D eigenvalue weighted by Gasteiger charge is -2.26. The number of hydrogen-bond acceptors (Lipinski definition) is 3. The number of carbonyl (C=O) groups excluding carboxylic acids is 1. The van der Waals surface area contributed by atoms with Crippen LogP contribution in [0.4, 0.5) is 4.39 Å². The highest BCUT2D eigenvalue weighted by Crippen LogP contribution is 2.25. The molecule has 0 saturated carbocycles. The maximum Gasteiger partial charge on any atom is 0.254 e. The Bertz CT molecular complexity index is 985. The van der Waals surface area contributed by atoms with E-state index in [0.717, 1.165) is 11.3 Å². The first kappa shape index (κ1) is 21.0. The minimum absolute atomic E-state index is 0.0649. The van der Waals surface area contributed by atoms with E-state index in [-0.39, 0.29) is 17.8 Å². The topological polar surface area (TPSA) is 50.2 Å². The van der Waals surface area contributed by atoms with E-state index < -0.39 is 0 Å². The molecule has 3 rings (SSSR count). The van der Waals surface area contributed by atoms with Crippen LogP contribution in [0.25, 0.3) is 5.69 Å². The van der Waals surface area contributed by atoms with E-state index in [9.17, 15) is 9.18 Å². The summed E-state index contributed by atoms with van der Waals surface area (Å²) in [5.41, 5.74) is 2.95. The molecule has 3 aromatic rings. The monoisotopic (exact) mass is 414 g/mol. The van der Waals surface area contributed by atoms with Crippen molar-refractivity contribution in [1.82, 2.24) is 20.0 Å². The molecule has 1 amide bonds. The number of carbonyl (C=O) groups is 1. The van der Waals surface area contributed by atoms with Gasteiger partial charge in [0.1, 0.15) is 5.82 Å². The van der Waals surface area contributed by atoms with E-state index in [0.29, 0.717) is 29.2 Å². The van der Waals surface area contributed by atoms with Gasteiger partial charge in [-0.05, 0) is 56.4 Å². The Kier molecular flexibility index (Phi) is 6.67. The molecule has 7 heteroatoms. The first-order chi connectivity index (χ1) is 13.9. The van der Waals surface area contributed by atoms with Gasteiger partial charge in [-0.3, -0.25) is 4.79 Å². The molecule has 1 heterocycles. The number of rotatable bonds is 7. The van der Waals surface area contributed by atoms with Crippen LogP contribution >= 0.6 is 11.6 Å². The average molecular weight is 415 g/mol. The molecule has 0 spiro atoms. The van der Waals surface area contributed by atoms with Crippen LogP contribution in [-0.2, 0) is 6.42 Å². The zero-order valence-electron chi connectivity index (χ0n) is 16.7. The summed E-state index contributed by atoms with van der Waals surface area (Å²) in [5, 5.41) is 8.01. The normalized spacial score (nSPS) is 12.2. The molecule has 5 nitrogen and oxygen atoms in total. The van der Waals surface area contributed by atoms with Crippen LogP contribution in [0.15, 0.2) is 54.7 Å². The van der Waals surface area contributed by atoms with Gasteiger partial charge in [0, 0.05) is 11.6 Å². The second-order valence-electron chi connectivity index (χ2n) is 6.96. The number of nitrogens with zero attached hydrogens (tertiary/aromatic N) is 3. The van der Waals surface area contributed by atoms with Crippen molar-refractivity contribution in [2.24, 2.45) is 0 Å². The smallest absolute Gasteiger partial charge is 0.254 e. The van der Waals surface area contributed by atoms with Gasteiger partial charge in [0.25, 0.3) is 5.91 Å². The molecule has 0 saturated heterocycles. The van der Waals surface area contributed by atoms with Crippen LogP contribution in [0.5, 0.6) is 0 Å². The van der Waals surface area contributed by atoms with Gasteiger partial charge in [-0.25, -0.2) is 9.07 Å². The second kappa shape index (κ2) is 9.20. The Hall–Kier alpha value is -2.70. The molecule has 0 aliphatic heterocycles. The Labute approximate surface area is 175 Å². The molecule has 29 heavy (non-hydrogen) atoms. The number of hydrogen-bond donors (Lipinski definition) is 1. The van der Waals surface area contributed by atoms with Crippen molar-refractivity contribution in [3.8, 4) is 5.69 Å². The van der Waals surface area contributed by atoms with Crippen molar-refractivity contribution < 1.29 is 9.18 Å². The predicted octanol–water partition coefficient (Wildman–Crippen LogP) is 4.26. The largest absolute Gasteiger partial charge is 0.350 e. The van der Waals surface area contributed by atoms with Crippen LogP contribution in [0, 0.1) is 5.82 Å². The summed E-state index contributed by atoms with van der Waals surface area (Å²) in [7, 11) is 3.90. The van der Waals surface area contributed by atoms with Gasteiger partial charge in [-0.15, -0.1) is 0 Å². The molecule has 1 aromatic heterocycles. The van der Waals surface area contributed by atoms with Crippen LogP contribution < -0.4 is 5.32 Å². The molecule has 1 N–H and O–H groups in total. The minimum atomic E-state index is -0.314. The van der Waals surface area contributed by atoms with Crippen molar-refractivity contribution in [1.29, 1.82) is 0 Å². The van der Waals surface area contributed by atoms with E-state index in [1.54, 1.807) is 23.0 Å². The number of likely N-dealkylation sites (N-methyl/N-ethyl adjacent to an activating group) is 1. The van der Waals surface area contributed by atoms with E-state index in [1.807, 2.05) is 50.2 Å². The van der Waals surface area contributed by atoms with Crippen molar-refractivity contribution in [2.75, 3.05) is 20.6 Å². The number of benzene rings is 2. The zero-order chi connectivity index (χ0) is 21.0. The molecule has 0 aliphatic carbocycles. The van der Waals surface area contributed by atoms with Crippen molar-refractivity contribution in [2.45, 2.75) is 19.4 Å². The fourth-order valence-corrected chi connectivity index (χ4v) is 3.57. The van der Waals surface area contributed by atoms with Crippen LogP contribution in [-0.4, -0.2) is 41.2 Å². The van der Waals surface area contributed by atoms with E-state index in [2.05, 4.69) is 10.4 Å². The SMILES string of the molecule is CCc1c(C(=O)NCC(c2ccccc2Cl)N(C)C)cnn1-c1ccc(F)cc1. The molecule has 0 aliphatic rings. The Morgan fingerprint density at radius 3 is 2.52 bits per heavy atom. The average Bonchev–Trinajstić information content (AvgIpc) is 3.13. The highest BCUT2D eigenvalue weighted by atomic mass is 35.5. The maximum absolute atomic E-state index is 13.2. The zero-order valence-corrected chi connectivity index (χ0v) is 17.4. The third-order valence-electron chi connectivity index (χ3n) is 4.86. The summed E-state index contributed by atoms with van der Waals surface area (Å²) in [6.45, 7) is 2.36. The Morgan fingerprint density at radius 1 is 1.21 bits per heavy atom. The molecular weight excluding hydrogens is 391 g/mol. The number of amides is 1. The fourth-order valence-electron chi connectivity index (χ4n) is 3.31. The van der Waals surface area contributed by atoms with Gasteiger partial charge in [0.15, 0.2) is 0 Å². The summed E-state index contributed by atoms with van der Waals surface area (Å²) < 4.78 is 14.9. The van der Waals surface area contributed by atoms with E-state index in [1.165, 1.54) is 12.1 Å². The summed E-state index contributed by atoms with van der Waals surface area (Å²) in [6.07, 6.45) is 2.17. The number of aromatic nitrogens is 2. The first-order valence-corrected chi connectivity index (χ1v) is 9.82. The quantitative estimate of drug-likeness (QED) is 0.628. The molecule has 0 bridgehead atoms. The summed E-state index contributed by atoms with van der Waals surface area (Å²) >= 11 is 6.35. The standard InChI is InChI=1S/C22H24ClFN4O/c1-4-20-18(13-26-28(20)16-11-9-15(24)10-12-16)22(29)25-14-21(27(2)3)17-7-5-6-8-19(17)23/h5-13,21H,4,14H2,1-3H3,(H,25,29). The van der Waals surface area contributed by atoms with Gasteiger partial charge < -0.3 is 10.2 Å². The molecular formula is C22H24ClFN4O. The van der Waals surface area contributed by atoms with Gasteiger partial charge in [0.2, 0.25) is 0 Å². The van der Waals surface area contributed by atoms with Crippen LogP contribution in [0.1, 0.15) is 34.6 Å².